The van der Waals surface area contributed by atoms with Crippen LogP contribution in [0.2, 0.25) is 0 Å². The van der Waals surface area contributed by atoms with Crippen LogP contribution < -0.4 is 0 Å². The molecule has 1 amide bonds. The minimum atomic E-state index is -0.224. The lowest BCUT2D eigenvalue weighted by molar-refractivity contribution is 0.0588. The maximum Gasteiger partial charge on any atom is 0.410 e. The highest BCUT2D eigenvalue weighted by Gasteiger charge is 2.44. The van der Waals surface area contributed by atoms with E-state index in [9.17, 15) is 4.79 Å². The van der Waals surface area contributed by atoms with Crippen molar-refractivity contribution in [3.63, 3.8) is 0 Å². The van der Waals surface area contributed by atoms with E-state index in [4.69, 9.17) is 10.00 Å². The maximum absolute atomic E-state index is 12.2. The van der Waals surface area contributed by atoms with Crippen molar-refractivity contribution in [3.05, 3.63) is 35.9 Å². The van der Waals surface area contributed by atoms with Gasteiger partial charge >= 0.3 is 6.09 Å². The fraction of sp³-hybridized carbons (Fsp3) is 0.500. The predicted octanol–water partition coefficient (Wildman–Crippen LogP) is 3.09. The number of nitriles is 1. The van der Waals surface area contributed by atoms with Crippen LogP contribution in [-0.4, -0.2) is 23.1 Å². The second-order valence-electron chi connectivity index (χ2n) is 5.63. The van der Waals surface area contributed by atoms with Gasteiger partial charge in [-0.15, -0.1) is 0 Å². The van der Waals surface area contributed by atoms with Crippen molar-refractivity contribution in [1.82, 2.24) is 4.90 Å². The van der Waals surface area contributed by atoms with Crippen molar-refractivity contribution in [3.8, 4) is 6.07 Å². The van der Waals surface area contributed by atoms with Gasteiger partial charge in [-0.25, -0.2) is 4.79 Å². The molecule has 104 valence electrons. The van der Waals surface area contributed by atoms with Crippen molar-refractivity contribution < 1.29 is 9.53 Å². The Hall–Kier alpha value is -2.02. The number of amides is 1. The van der Waals surface area contributed by atoms with E-state index < -0.39 is 0 Å². The quantitative estimate of drug-likeness (QED) is 0.829. The average molecular weight is 270 g/mol. The molecule has 0 radical (unpaired) electrons. The Bertz CT molecular complexity index is 509. The summed E-state index contributed by atoms with van der Waals surface area (Å²) < 4.78 is 5.42. The largest absolute Gasteiger partial charge is 0.445 e. The topological polar surface area (TPSA) is 53.3 Å². The molecule has 2 heterocycles. The number of carbonyl (C=O) groups is 1. The summed E-state index contributed by atoms with van der Waals surface area (Å²) in [6, 6.07) is 12.4. The average Bonchev–Trinajstić information content (AvgIpc) is 2.76. The van der Waals surface area contributed by atoms with Gasteiger partial charge in [0.15, 0.2) is 0 Å². The number of hydrogen-bond donors (Lipinski definition) is 0. The van der Waals surface area contributed by atoms with Gasteiger partial charge in [-0.05, 0) is 31.2 Å². The van der Waals surface area contributed by atoms with Crippen LogP contribution in [0.1, 0.15) is 31.2 Å². The van der Waals surface area contributed by atoms with Crippen LogP contribution in [-0.2, 0) is 11.3 Å². The minimum Gasteiger partial charge on any atom is -0.445 e. The Kier molecular flexibility index (Phi) is 3.60. The van der Waals surface area contributed by atoms with Crippen molar-refractivity contribution >= 4 is 6.09 Å². The molecule has 2 aliphatic heterocycles. The number of hydrogen-bond acceptors (Lipinski definition) is 3. The molecule has 0 aliphatic carbocycles. The number of ether oxygens (including phenoxy) is 1. The monoisotopic (exact) mass is 270 g/mol. The zero-order valence-electron chi connectivity index (χ0n) is 11.4. The summed E-state index contributed by atoms with van der Waals surface area (Å²) >= 11 is 0. The predicted molar refractivity (Wildman–Crippen MR) is 73.6 cm³/mol. The molecule has 3 atom stereocenters. The second-order valence-corrected chi connectivity index (χ2v) is 5.63. The summed E-state index contributed by atoms with van der Waals surface area (Å²) in [5.41, 5.74) is 1.00. The third-order valence-corrected chi connectivity index (χ3v) is 4.33. The molecule has 20 heavy (non-hydrogen) atoms. The number of piperidine rings is 1. The molecule has 3 rings (SSSR count). The van der Waals surface area contributed by atoms with Gasteiger partial charge in [-0.3, -0.25) is 0 Å². The second kappa shape index (κ2) is 5.54. The van der Waals surface area contributed by atoms with E-state index in [1.165, 1.54) is 0 Å². The fourth-order valence-electron chi connectivity index (χ4n) is 3.37. The van der Waals surface area contributed by atoms with Crippen LogP contribution in [0.4, 0.5) is 4.79 Å². The highest BCUT2D eigenvalue weighted by atomic mass is 16.6. The van der Waals surface area contributed by atoms with E-state index in [2.05, 4.69) is 6.07 Å². The first-order valence-electron chi connectivity index (χ1n) is 7.16. The fourth-order valence-corrected chi connectivity index (χ4v) is 3.37. The summed E-state index contributed by atoms with van der Waals surface area (Å²) in [6.07, 6.45) is 3.38. The molecule has 0 N–H and O–H groups in total. The first kappa shape index (κ1) is 13.0. The van der Waals surface area contributed by atoms with Crippen LogP contribution in [0.5, 0.6) is 0 Å². The van der Waals surface area contributed by atoms with E-state index in [1.54, 1.807) is 0 Å². The standard InChI is InChI=1S/C16H18N2O2/c17-10-13-8-14-6-7-15(9-13)18(14)16(19)20-11-12-4-2-1-3-5-12/h1-5,13-15H,6-9,11H2/t13?,14-,15+. The van der Waals surface area contributed by atoms with Gasteiger partial charge in [-0.1, -0.05) is 30.3 Å². The lowest BCUT2D eigenvalue weighted by atomic mass is 9.92. The van der Waals surface area contributed by atoms with E-state index >= 15 is 0 Å². The minimum absolute atomic E-state index is 0.102. The number of benzene rings is 1. The van der Waals surface area contributed by atoms with Gasteiger partial charge in [-0.2, -0.15) is 5.26 Å². The van der Waals surface area contributed by atoms with Crippen LogP contribution in [0.3, 0.4) is 0 Å². The SMILES string of the molecule is N#CC1C[C@H]2CC[C@@H](C1)N2C(=O)OCc1ccccc1. The third-order valence-electron chi connectivity index (χ3n) is 4.33. The lowest BCUT2D eigenvalue weighted by Gasteiger charge is -2.35. The molecule has 2 bridgehead atoms. The highest BCUT2D eigenvalue weighted by Crippen LogP contribution is 2.38. The molecule has 4 nitrogen and oxygen atoms in total. The summed E-state index contributed by atoms with van der Waals surface area (Å²) in [5, 5.41) is 9.05. The number of carbonyl (C=O) groups excluding carboxylic acids is 1. The van der Waals surface area contributed by atoms with Crippen molar-refractivity contribution in [2.24, 2.45) is 5.92 Å². The molecule has 1 unspecified atom stereocenters. The van der Waals surface area contributed by atoms with Crippen LogP contribution in [0.25, 0.3) is 0 Å². The highest BCUT2D eigenvalue weighted by molar-refractivity contribution is 5.69. The summed E-state index contributed by atoms with van der Waals surface area (Å²) in [5.74, 6) is 0.102. The Balaban J connectivity index is 1.60. The number of rotatable bonds is 2. The van der Waals surface area contributed by atoms with Crippen molar-refractivity contribution in [2.75, 3.05) is 0 Å². The molecule has 0 spiro atoms. The van der Waals surface area contributed by atoms with Crippen LogP contribution in [0, 0.1) is 17.2 Å². The zero-order valence-corrected chi connectivity index (χ0v) is 11.4. The molecule has 2 aliphatic rings. The third kappa shape index (κ3) is 2.49. The molecule has 0 saturated carbocycles. The molecular weight excluding hydrogens is 252 g/mol. The molecular formula is C16H18N2O2. The van der Waals surface area contributed by atoms with Crippen LogP contribution in [0.15, 0.2) is 30.3 Å². The molecule has 2 saturated heterocycles. The van der Waals surface area contributed by atoms with Gasteiger partial charge in [0.25, 0.3) is 0 Å². The first-order valence-corrected chi connectivity index (χ1v) is 7.16. The van der Waals surface area contributed by atoms with E-state index in [1.807, 2.05) is 35.2 Å². The van der Waals surface area contributed by atoms with Gasteiger partial charge in [0, 0.05) is 12.1 Å². The summed E-state index contributed by atoms with van der Waals surface area (Å²) in [6.45, 7) is 0.317. The molecule has 0 aromatic heterocycles. The van der Waals surface area contributed by atoms with E-state index in [-0.39, 0.29) is 24.1 Å². The van der Waals surface area contributed by atoms with E-state index in [0.717, 1.165) is 31.2 Å². The smallest absolute Gasteiger partial charge is 0.410 e. The first-order chi connectivity index (χ1) is 9.78. The molecule has 2 fully saturated rings. The van der Waals surface area contributed by atoms with Gasteiger partial charge in [0.05, 0.1) is 12.0 Å². The number of fused-ring (bicyclic) bond motifs is 2. The summed E-state index contributed by atoms with van der Waals surface area (Å²) in [4.78, 5) is 14.1. The van der Waals surface area contributed by atoms with Crippen molar-refractivity contribution in [2.45, 2.75) is 44.4 Å². The Morgan fingerprint density at radius 1 is 1.25 bits per heavy atom. The molecule has 4 heteroatoms. The Labute approximate surface area is 118 Å². The van der Waals surface area contributed by atoms with Crippen LogP contribution >= 0.6 is 0 Å². The zero-order chi connectivity index (χ0) is 13.9. The van der Waals surface area contributed by atoms with Crippen molar-refractivity contribution in [1.29, 1.82) is 5.26 Å². The Morgan fingerprint density at radius 2 is 1.90 bits per heavy atom. The summed E-state index contributed by atoms with van der Waals surface area (Å²) in [7, 11) is 0. The molecule has 1 aromatic rings. The Morgan fingerprint density at radius 3 is 2.50 bits per heavy atom. The number of nitrogens with zero attached hydrogens (tertiary/aromatic N) is 2. The lowest BCUT2D eigenvalue weighted by Crippen LogP contribution is -2.46. The van der Waals surface area contributed by atoms with Gasteiger partial charge in [0.2, 0.25) is 0 Å². The normalized spacial score (nSPS) is 27.9. The molecule has 1 aromatic carbocycles. The van der Waals surface area contributed by atoms with E-state index in [0.29, 0.717) is 6.61 Å². The maximum atomic E-state index is 12.2. The van der Waals surface area contributed by atoms with Gasteiger partial charge < -0.3 is 9.64 Å². The van der Waals surface area contributed by atoms with Gasteiger partial charge in [0.1, 0.15) is 6.61 Å².